The van der Waals surface area contributed by atoms with Gasteiger partial charge in [0.25, 0.3) is 0 Å². The summed E-state index contributed by atoms with van der Waals surface area (Å²) in [5.41, 5.74) is 3.06. The molecule has 0 aliphatic carbocycles. The Kier molecular flexibility index (Phi) is 10.1. The molecule has 46 heavy (non-hydrogen) atoms. The molecule has 1 aromatic heterocycles. The van der Waals surface area contributed by atoms with Crippen LogP contribution in [0.2, 0.25) is 10.0 Å². The number of benzene rings is 2. The molecule has 4 heterocycles. The lowest BCUT2D eigenvalue weighted by Crippen LogP contribution is -2.53. The van der Waals surface area contributed by atoms with Gasteiger partial charge in [-0.15, -0.1) is 0 Å². The monoisotopic (exact) mass is 666 g/mol. The SMILES string of the molecule is C=CC(=O)Nc1cc(Nc2cc(N3OCC[C@@H]3c3cccc(Cl)c3Cl)ncn2)c(OC)cc1N1CCN(C2CCN(C)CC2)CC1. The molecule has 0 bridgehead atoms. The van der Waals surface area contributed by atoms with Gasteiger partial charge < -0.3 is 25.2 Å². The topological polar surface area (TPSA) is 98.3 Å². The Labute approximate surface area is 280 Å². The smallest absolute Gasteiger partial charge is 0.247 e. The molecule has 1 amide bonds. The first-order chi connectivity index (χ1) is 22.3. The molecule has 6 rings (SSSR count). The molecule has 3 saturated heterocycles. The fourth-order valence-electron chi connectivity index (χ4n) is 6.50. The predicted molar refractivity (Wildman–Crippen MR) is 184 cm³/mol. The van der Waals surface area contributed by atoms with Crippen LogP contribution in [0.5, 0.6) is 5.75 Å². The quantitative estimate of drug-likeness (QED) is 0.274. The van der Waals surface area contributed by atoms with Gasteiger partial charge in [0, 0.05) is 50.8 Å². The predicted octanol–water partition coefficient (Wildman–Crippen LogP) is 5.76. The van der Waals surface area contributed by atoms with E-state index in [0.29, 0.717) is 51.5 Å². The van der Waals surface area contributed by atoms with Crippen molar-refractivity contribution in [1.82, 2.24) is 19.8 Å². The van der Waals surface area contributed by atoms with E-state index < -0.39 is 0 Å². The van der Waals surface area contributed by atoms with Crippen LogP contribution < -0.4 is 25.3 Å². The number of likely N-dealkylation sites (tertiary alicyclic amines) is 1. The molecule has 0 unspecified atom stereocenters. The third-order valence-electron chi connectivity index (χ3n) is 9.01. The number of nitrogens with one attached hydrogen (secondary N) is 2. The van der Waals surface area contributed by atoms with Gasteiger partial charge in [-0.1, -0.05) is 41.9 Å². The van der Waals surface area contributed by atoms with Crippen molar-refractivity contribution in [2.45, 2.75) is 31.3 Å². The zero-order valence-electron chi connectivity index (χ0n) is 26.2. The number of ether oxygens (including phenoxy) is 1. The molecule has 3 aromatic rings. The summed E-state index contributed by atoms with van der Waals surface area (Å²) in [5, 5.41) is 9.10. The van der Waals surface area contributed by atoms with E-state index >= 15 is 0 Å². The number of piperazine rings is 1. The van der Waals surface area contributed by atoms with Crippen LogP contribution in [0.1, 0.15) is 30.9 Å². The largest absolute Gasteiger partial charge is 0.494 e. The van der Waals surface area contributed by atoms with Crippen molar-refractivity contribution in [3.8, 4) is 5.75 Å². The van der Waals surface area contributed by atoms with Crippen LogP contribution in [0.15, 0.2) is 55.4 Å². The molecule has 3 aliphatic rings. The molecule has 11 nitrogen and oxygen atoms in total. The van der Waals surface area contributed by atoms with Crippen LogP contribution in [0.4, 0.5) is 28.7 Å². The fourth-order valence-corrected chi connectivity index (χ4v) is 6.93. The number of carbonyl (C=O) groups is 1. The molecule has 0 spiro atoms. The lowest BCUT2D eigenvalue weighted by molar-refractivity contribution is -0.111. The zero-order chi connectivity index (χ0) is 32.2. The van der Waals surface area contributed by atoms with Gasteiger partial charge in [0.1, 0.15) is 17.9 Å². The van der Waals surface area contributed by atoms with E-state index in [4.69, 9.17) is 32.8 Å². The minimum atomic E-state index is -0.288. The molecular weight excluding hydrogens is 627 g/mol. The van der Waals surface area contributed by atoms with Crippen LogP contribution in [0.3, 0.4) is 0 Å². The number of hydrogen-bond acceptors (Lipinski definition) is 10. The number of methoxy groups -OCH3 is 1. The highest BCUT2D eigenvalue weighted by atomic mass is 35.5. The second kappa shape index (κ2) is 14.4. The van der Waals surface area contributed by atoms with Gasteiger partial charge in [0.05, 0.1) is 46.9 Å². The summed E-state index contributed by atoms with van der Waals surface area (Å²) in [4.78, 5) is 34.8. The molecule has 1 atom stereocenters. The van der Waals surface area contributed by atoms with Gasteiger partial charge in [0.15, 0.2) is 5.82 Å². The maximum Gasteiger partial charge on any atom is 0.247 e. The van der Waals surface area contributed by atoms with Crippen LogP contribution in [-0.2, 0) is 9.63 Å². The van der Waals surface area contributed by atoms with Crippen molar-refractivity contribution in [2.24, 2.45) is 0 Å². The van der Waals surface area contributed by atoms with E-state index in [9.17, 15) is 4.79 Å². The number of halogens is 2. The Bertz CT molecular complexity index is 1560. The second-order valence-electron chi connectivity index (χ2n) is 11.8. The molecule has 3 fully saturated rings. The Morgan fingerprint density at radius 2 is 1.83 bits per heavy atom. The van der Waals surface area contributed by atoms with Gasteiger partial charge in [-0.2, -0.15) is 0 Å². The van der Waals surface area contributed by atoms with E-state index in [0.717, 1.165) is 56.9 Å². The van der Waals surface area contributed by atoms with E-state index in [1.54, 1.807) is 24.3 Å². The van der Waals surface area contributed by atoms with Crippen LogP contribution in [0.25, 0.3) is 0 Å². The molecule has 2 N–H and O–H groups in total. The van der Waals surface area contributed by atoms with Crippen molar-refractivity contribution in [2.75, 3.05) is 80.6 Å². The second-order valence-corrected chi connectivity index (χ2v) is 12.6. The average Bonchev–Trinajstić information content (AvgIpc) is 3.57. The normalized spacial score (nSPS) is 19.7. The molecule has 0 radical (unpaired) electrons. The molecule has 3 aliphatic heterocycles. The number of rotatable bonds is 9. The lowest BCUT2D eigenvalue weighted by Gasteiger charge is -2.43. The minimum absolute atomic E-state index is 0.164. The number of anilines is 5. The van der Waals surface area contributed by atoms with Gasteiger partial charge in [-0.05, 0) is 56.8 Å². The zero-order valence-corrected chi connectivity index (χ0v) is 27.7. The molecule has 0 saturated carbocycles. The summed E-state index contributed by atoms with van der Waals surface area (Å²) in [6, 6.07) is 11.7. The van der Waals surface area contributed by atoms with E-state index in [1.165, 1.54) is 25.2 Å². The third kappa shape index (κ3) is 7.03. The Morgan fingerprint density at radius 3 is 2.57 bits per heavy atom. The van der Waals surface area contributed by atoms with E-state index in [-0.39, 0.29) is 11.9 Å². The first-order valence-electron chi connectivity index (χ1n) is 15.6. The maximum absolute atomic E-state index is 12.5. The lowest BCUT2D eigenvalue weighted by atomic mass is 10.0. The van der Waals surface area contributed by atoms with Crippen LogP contribution in [-0.4, -0.2) is 91.7 Å². The van der Waals surface area contributed by atoms with Crippen LogP contribution >= 0.6 is 23.2 Å². The van der Waals surface area contributed by atoms with E-state index in [2.05, 4.69) is 48.9 Å². The van der Waals surface area contributed by atoms with Gasteiger partial charge in [-0.25, -0.2) is 15.0 Å². The standard InChI is InChI=1S/C33H40Cl2N8O3/c1-4-32(44)39-25-18-26(29(45-3)19-28(25)42-15-13-41(14-16-42)22-8-11-40(2)12-9-22)38-30-20-31(37-21-36-30)43-27(10-17-46-43)23-6-5-7-24(34)33(23)35/h4-7,18-22,27H,1,8-17H2,2-3H3,(H,39,44)(H,36,37,38)/t27-/m1/s1. The number of nitrogens with zero attached hydrogens (tertiary/aromatic N) is 6. The first-order valence-corrected chi connectivity index (χ1v) is 16.4. The summed E-state index contributed by atoms with van der Waals surface area (Å²) < 4.78 is 5.85. The van der Waals surface area contributed by atoms with Crippen molar-refractivity contribution in [3.63, 3.8) is 0 Å². The third-order valence-corrected chi connectivity index (χ3v) is 9.84. The Morgan fingerprint density at radius 1 is 1.04 bits per heavy atom. The Balaban J connectivity index is 1.23. The number of aromatic nitrogens is 2. The molecular formula is C33H40Cl2N8O3. The summed E-state index contributed by atoms with van der Waals surface area (Å²) >= 11 is 12.9. The Hall–Kier alpha value is -3.61. The summed E-state index contributed by atoms with van der Waals surface area (Å²) in [5.74, 6) is 1.42. The van der Waals surface area contributed by atoms with Gasteiger partial charge in [0.2, 0.25) is 5.91 Å². The number of hydrogen-bond donors (Lipinski definition) is 2. The number of carbonyl (C=O) groups excluding carboxylic acids is 1. The molecule has 244 valence electrons. The van der Waals surface area contributed by atoms with Gasteiger partial charge in [-0.3, -0.25) is 14.5 Å². The van der Waals surface area contributed by atoms with Crippen molar-refractivity contribution in [1.29, 1.82) is 0 Å². The van der Waals surface area contributed by atoms with Crippen LogP contribution in [0, 0.1) is 0 Å². The highest BCUT2D eigenvalue weighted by Crippen LogP contribution is 2.41. The summed E-state index contributed by atoms with van der Waals surface area (Å²) in [6.45, 7) is 10.1. The highest BCUT2D eigenvalue weighted by molar-refractivity contribution is 6.42. The van der Waals surface area contributed by atoms with Crippen molar-refractivity contribution in [3.05, 3.63) is 71.0 Å². The van der Waals surface area contributed by atoms with E-state index in [1.807, 2.05) is 24.3 Å². The fraction of sp³-hybridized carbons (Fsp3) is 0.424. The number of piperidine rings is 1. The number of hydroxylamine groups is 1. The van der Waals surface area contributed by atoms with Gasteiger partial charge >= 0.3 is 0 Å². The average molecular weight is 668 g/mol. The first kappa shape index (κ1) is 32.3. The summed E-state index contributed by atoms with van der Waals surface area (Å²) in [7, 11) is 3.83. The highest BCUT2D eigenvalue weighted by Gasteiger charge is 2.32. The maximum atomic E-state index is 12.5. The molecule has 2 aromatic carbocycles. The molecule has 13 heteroatoms. The number of amides is 1. The van der Waals surface area contributed by atoms with Crippen molar-refractivity contribution < 1.29 is 14.4 Å². The summed E-state index contributed by atoms with van der Waals surface area (Å²) in [6.07, 6.45) is 5.88. The van der Waals surface area contributed by atoms with Crippen molar-refractivity contribution >= 4 is 57.8 Å². The minimum Gasteiger partial charge on any atom is -0.494 e.